The number of fused-ring (bicyclic) bond motifs is 1. The maximum atomic E-state index is 12.9. The van der Waals surface area contributed by atoms with Crippen LogP contribution in [0.5, 0.6) is 0 Å². The number of amides is 1. The number of carbonyl (C=O) groups excluding carboxylic acids is 1. The van der Waals surface area contributed by atoms with Gasteiger partial charge in [-0.3, -0.25) is 14.2 Å². The lowest BCUT2D eigenvalue weighted by Gasteiger charge is -2.07. The van der Waals surface area contributed by atoms with E-state index < -0.39 is 5.91 Å². The van der Waals surface area contributed by atoms with Gasteiger partial charge in [-0.05, 0) is 17.7 Å². The summed E-state index contributed by atoms with van der Waals surface area (Å²) in [4.78, 5) is 33.8. The summed E-state index contributed by atoms with van der Waals surface area (Å²) in [5.41, 5.74) is 2.13. The first-order valence-corrected chi connectivity index (χ1v) is 11.3. The Morgan fingerprint density at radius 3 is 2.62 bits per heavy atom. The van der Waals surface area contributed by atoms with Crippen LogP contribution in [-0.2, 0) is 13.1 Å². The molecule has 3 heterocycles. The Balaban J connectivity index is 1.24. The molecule has 9 nitrogen and oxygen atoms in total. The highest BCUT2D eigenvalue weighted by molar-refractivity contribution is 9.10. The first-order valence-electron chi connectivity index (χ1n) is 10.5. The van der Waals surface area contributed by atoms with Crippen LogP contribution in [0, 0.1) is 0 Å². The van der Waals surface area contributed by atoms with Crippen molar-refractivity contribution in [2.45, 2.75) is 13.1 Å². The smallest absolute Gasteiger partial charge is 0.307 e. The van der Waals surface area contributed by atoms with Crippen LogP contribution in [-0.4, -0.2) is 36.8 Å². The average Bonchev–Trinajstić information content (AvgIpc) is 3.51. The van der Waals surface area contributed by atoms with E-state index in [1.807, 2.05) is 54.6 Å². The normalized spacial score (nSPS) is 11.1. The van der Waals surface area contributed by atoms with Crippen LogP contribution in [0.4, 0.5) is 0 Å². The van der Waals surface area contributed by atoms with Gasteiger partial charge in [-0.1, -0.05) is 58.4 Å². The summed E-state index contributed by atoms with van der Waals surface area (Å²) in [6, 6.07) is 17.2. The molecule has 0 saturated heterocycles. The predicted octanol–water partition coefficient (Wildman–Crippen LogP) is 3.49. The number of oxazole rings is 1. The number of hydrogen-bond acceptors (Lipinski definition) is 6. The third-order valence-electron chi connectivity index (χ3n) is 5.26. The maximum absolute atomic E-state index is 12.9. The number of halogens is 1. The van der Waals surface area contributed by atoms with Gasteiger partial charge in [0.05, 0.1) is 25.5 Å². The summed E-state index contributed by atoms with van der Waals surface area (Å²) in [5.74, 6) is 0.0778. The Bertz CT molecular complexity index is 1510. The van der Waals surface area contributed by atoms with Crippen LogP contribution in [0.25, 0.3) is 22.4 Å². The lowest BCUT2D eigenvalue weighted by atomic mass is 10.2. The van der Waals surface area contributed by atoms with Gasteiger partial charge in [-0.2, -0.15) is 5.10 Å². The molecular formula is C24H19BrN6O3. The van der Waals surface area contributed by atoms with Crippen molar-refractivity contribution in [3.8, 4) is 11.3 Å². The fourth-order valence-corrected chi connectivity index (χ4v) is 3.79. The molecule has 2 aromatic carbocycles. The highest BCUT2D eigenvalue weighted by Crippen LogP contribution is 2.19. The molecule has 3 aromatic heterocycles. The quantitative estimate of drug-likeness (QED) is 0.353. The number of benzene rings is 2. The molecule has 0 atom stereocenters. The lowest BCUT2D eigenvalue weighted by molar-refractivity contribution is 0.0918. The number of rotatable bonds is 7. The third kappa shape index (κ3) is 4.53. The molecule has 5 rings (SSSR count). The standard InChI is InChI=1S/C24H19BrN6O3/c25-18-8-6-16(7-9-18)14-30-15-28-21-19(24(30)33)12-29-31(21)11-10-26-22(32)23-27-13-20(34-23)17-4-2-1-3-5-17/h1-9,12-13,15H,10-11,14H2,(H,26,32). The minimum atomic E-state index is -0.427. The Hall–Kier alpha value is -4.05. The fourth-order valence-electron chi connectivity index (χ4n) is 3.53. The van der Waals surface area contributed by atoms with Gasteiger partial charge in [0.1, 0.15) is 11.7 Å². The van der Waals surface area contributed by atoms with E-state index in [9.17, 15) is 9.59 Å². The van der Waals surface area contributed by atoms with Gasteiger partial charge in [0, 0.05) is 16.6 Å². The summed E-state index contributed by atoms with van der Waals surface area (Å²) >= 11 is 3.41. The summed E-state index contributed by atoms with van der Waals surface area (Å²) in [6.07, 6.45) is 4.54. The maximum Gasteiger partial charge on any atom is 0.307 e. The van der Waals surface area contributed by atoms with Crippen molar-refractivity contribution in [3.05, 3.63) is 99.6 Å². The molecule has 0 aliphatic carbocycles. The van der Waals surface area contributed by atoms with Crippen molar-refractivity contribution >= 4 is 32.9 Å². The zero-order valence-electron chi connectivity index (χ0n) is 17.9. The monoisotopic (exact) mass is 518 g/mol. The van der Waals surface area contributed by atoms with Gasteiger partial charge < -0.3 is 9.73 Å². The molecule has 10 heteroatoms. The zero-order valence-corrected chi connectivity index (χ0v) is 19.5. The number of carbonyl (C=O) groups is 1. The molecule has 0 aliphatic heterocycles. The number of hydrogen-bond donors (Lipinski definition) is 1. The third-order valence-corrected chi connectivity index (χ3v) is 5.78. The molecule has 170 valence electrons. The second-order valence-corrected chi connectivity index (χ2v) is 8.48. The Morgan fingerprint density at radius 1 is 1.03 bits per heavy atom. The van der Waals surface area contributed by atoms with Crippen LogP contribution < -0.4 is 10.9 Å². The first-order chi connectivity index (χ1) is 16.6. The largest absolute Gasteiger partial charge is 0.432 e. The summed E-state index contributed by atoms with van der Waals surface area (Å²) < 4.78 is 9.68. The van der Waals surface area contributed by atoms with Crippen molar-refractivity contribution in [1.29, 1.82) is 0 Å². The Labute approximate surface area is 202 Å². The molecule has 0 aliphatic rings. The predicted molar refractivity (Wildman–Crippen MR) is 129 cm³/mol. The minimum Gasteiger partial charge on any atom is -0.432 e. The van der Waals surface area contributed by atoms with Crippen molar-refractivity contribution in [1.82, 2.24) is 29.6 Å². The number of aromatic nitrogens is 5. The van der Waals surface area contributed by atoms with E-state index in [0.717, 1.165) is 15.6 Å². The fraction of sp³-hybridized carbons (Fsp3) is 0.125. The topological polar surface area (TPSA) is 108 Å². The summed E-state index contributed by atoms with van der Waals surface area (Å²) in [5, 5.41) is 7.45. The van der Waals surface area contributed by atoms with E-state index >= 15 is 0 Å². The molecular weight excluding hydrogens is 500 g/mol. The number of nitrogens with one attached hydrogen (secondary N) is 1. The highest BCUT2D eigenvalue weighted by Gasteiger charge is 2.15. The van der Waals surface area contributed by atoms with E-state index in [4.69, 9.17) is 4.42 Å². The molecule has 1 N–H and O–H groups in total. The summed E-state index contributed by atoms with van der Waals surface area (Å²) in [6.45, 7) is 1.02. The molecule has 0 radical (unpaired) electrons. The molecule has 0 fully saturated rings. The van der Waals surface area contributed by atoms with Gasteiger partial charge in [0.15, 0.2) is 11.4 Å². The molecule has 5 aromatic rings. The van der Waals surface area contributed by atoms with E-state index in [1.165, 1.54) is 18.7 Å². The van der Waals surface area contributed by atoms with E-state index in [0.29, 0.717) is 29.9 Å². The van der Waals surface area contributed by atoms with Gasteiger partial charge in [-0.15, -0.1) is 0 Å². The van der Waals surface area contributed by atoms with Crippen molar-refractivity contribution < 1.29 is 9.21 Å². The zero-order chi connectivity index (χ0) is 23.5. The first kappa shape index (κ1) is 21.8. The second kappa shape index (κ2) is 9.44. The van der Waals surface area contributed by atoms with E-state index in [1.54, 1.807) is 9.25 Å². The molecule has 1 amide bonds. The molecule has 0 unspecified atom stereocenters. The highest BCUT2D eigenvalue weighted by atomic mass is 79.9. The number of nitrogens with zero attached hydrogens (tertiary/aromatic N) is 5. The molecule has 0 saturated carbocycles. The van der Waals surface area contributed by atoms with Gasteiger partial charge in [-0.25, -0.2) is 14.6 Å². The Morgan fingerprint density at radius 2 is 1.82 bits per heavy atom. The van der Waals surface area contributed by atoms with Crippen LogP contribution in [0.1, 0.15) is 16.2 Å². The van der Waals surface area contributed by atoms with Crippen LogP contribution in [0.3, 0.4) is 0 Å². The van der Waals surface area contributed by atoms with Gasteiger partial charge in [0.25, 0.3) is 11.4 Å². The molecule has 0 spiro atoms. The van der Waals surface area contributed by atoms with E-state index in [-0.39, 0.29) is 18.0 Å². The SMILES string of the molecule is O=C(NCCn1ncc2c(=O)n(Cc3ccc(Br)cc3)cnc21)c1ncc(-c2ccccc2)o1. The summed E-state index contributed by atoms with van der Waals surface area (Å²) in [7, 11) is 0. The second-order valence-electron chi connectivity index (χ2n) is 7.56. The molecule has 34 heavy (non-hydrogen) atoms. The molecule has 0 bridgehead atoms. The van der Waals surface area contributed by atoms with Crippen LogP contribution in [0.2, 0.25) is 0 Å². The average molecular weight is 519 g/mol. The van der Waals surface area contributed by atoms with Gasteiger partial charge >= 0.3 is 5.91 Å². The van der Waals surface area contributed by atoms with Crippen molar-refractivity contribution in [2.24, 2.45) is 0 Å². The minimum absolute atomic E-state index is 0.0156. The van der Waals surface area contributed by atoms with Crippen LogP contribution in [0.15, 0.2) is 87.0 Å². The van der Waals surface area contributed by atoms with Gasteiger partial charge in [0.2, 0.25) is 0 Å². The van der Waals surface area contributed by atoms with Crippen LogP contribution >= 0.6 is 15.9 Å². The van der Waals surface area contributed by atoms with Crippen molar-refractivity contribution in [2.75, 3.05) is 6.54 Å². The van der Waals surface area contributed by atoms with Crippen molar-refractivity contribution in [3.63, 3.8) is 0 Å². The lowest BCUT2D eigenvalue weighted by Crippen LogP contribution is -2.28. The Kier molecular flexibility index (Phi) is 6.05. The van der Waals surface area contributed by atoms with E-state index in [2.05, 4.69) is 36.3 Å².